The van der Waals surface area contributed by atoms with Crippen molar-refractivity contribution in [2.45, 2.75) is 13.0 Å². The van der Waals surface area contributed by atoms with Crippen LogP contribution in [-0.4, -0.2) is 11.1 Å². The molecule has 2 aromatic carbocycles. The Labute approximate surface area is 136 Å². The lowest BCUT2D eigenvalue weighted by Crippen LogP contribution is -2.08. The van der Waals surface area contributed by atoms with Gasteiger partial charge in [0.1, 0.15) is 12.3 Å². The number of rotatable bonds is 4. The zero-order valence-corrected chi connectivity index (χ0v) is 12.9. The van der Waals surface area contributed by atoms with Crippen LogP contribution in [0.3, 0.4) is 0 Å². The van der Waals surface area contributed by atoms with Crippen LogP contribution in [0.4, 0.5) is 0 Å². The Morgan fingerprint density at radius 2 is 1.95 bits per heavy atom. The Hall–Kier alpha value is -2.04. The molecule has 4 nitrogen and oxygen atoms in total. The zero-order valence-electron chi connectivity index (χ0n) is 11.4. The summed E-state index contributed by atoms with van der Waals surface area (Å²) in [5.41, 5.74) is 1.98. The molecule has 0 radical (unpaired) electrons. The minimum Gasteiger partial charge on any atom is -0.461 e. The van der Waals surface area contributed by atoms with Crippen molar-refractivity contribution >= 4 is 40.1 Å². The molecule has 0 amide bonds. The molecule has 1 aromatic heterocycles. The summed E-state index contributed by atoms with van der Waals surface area (Å²) in [4.78, 5) is 11.9. The first-order valence-corrected chi connectivity index (χ1v) is 7.32. The average Bonchev–Trinajstić information content (AvgIpc) is 2.92. The number of esters is 1. The molecule has 6 heteroatoms. The number of carbonyl (C=O) groups is 1. The van der Waals surface area contributed by atoms with Crippen molar-refractivity contribution in [1.82, 2.24) is 5.16 Å². The summed E-state index contributed by atoms with van der Waals surface area (Å²) in [6, 6.07) is 12.5. The van der Waals surface area contributed by atoms with Gasteiger partial charge in [-0.15, -0.1) is 0 Å². The molecule has 0 N–H and O–H groups in total. The minimum absolute atomic E-state index is 0.0539. The van der Waals surface area contributed by atoms with Crippen LogP contribution in [0, 0.1) is 0 Å². The third kappa shape index (κ3) is 3.24. The lowest BCUT2D eigenvalue weighted by atomic mass is 10.2. The Balaban J connectivity index is 1.64. The number of ether oxygens (including phenoxy) is 1. The second-order valence-corrected chi connectivity index (χ2v) is 5.53. The monoisotopic (exact) mass is 335 g/mol. The summed E-state index contributed by atoms with van der Waals surface area (Å²) in [5, 5.41) is 5.61. The van der Waals surface area contributed by atoms with E-state index in [1.165, 1.54) is 0 Å². The van der Waals surface area contributed by atoms with Crippen LogP contribution in [0.2, 0.25) is 10.0 Å². The second kappa shape index (κ2) is 6.38. The maximum absolute atomic E-state index is 11.9. The number of carbonyl (C=O) groups excluding carboxylic acids is 1. The highest BCUT2D eigenvalue weighted by atomic mass is 35.5. The zero-order chi connectivity index (χ0) is 15.5. The van der Waals surface area contributed by atoms with Gasteiger partial charge in [0.15, 0.2) is 5.58 Å². The van der Waals surface area contributed by atoms with Gasteiger partial charge in [-0.3, -0.25) is 4.79 Å². The molecule has 0 saturated carbocycles. The second-order valence-electron chi connectivity index (χ2n) is 4.71. The molecule has 22 heavy (non-hydrogen) atoms. The number of hydrogen-bond donors (Lipinski definition) is 0. The van der Waals surface area contributed by atoms with E-state index in [4.69, 9.17) is 32.5 Å². The van der Waals surface area contributed by atoms with Crippen LogP contribution in [-0.2, 0) is 22.6 Å². The summed E-state index contributed by atoms with van der Waals surface area (Å²) in [6.07, 6.45) is 0.0539. The van der Waals surface area contributed by atoms with Gasteiger partial charge in [0.2, 0.25) is 0 Å². The molecular weight excluding hydrogens is 325 g/mol. The third-order valence-electron chi connectivity index (χ3n) is 3.15. The molecule has 112 valence electrons. The van der Waals surface area contributed by atoms with Crippen LogP contribution in [0.15, 0.2) is 47.0 Å². The van der Waals surface area contributed by atoms with Crippen molar-refractivity contribution in [3.05, 3.63) is 63.8 Å². The van der Waals surface area contributed by atoms with E-state index in [-0.39, 0.29) is 19.0 Å². The Morgan fingerprint density at radius 1 is 1.14 bits per heavy atom. The van der Waals surface area contributed by atoms with Gasteiger partial charge in [0.25, 0.3) is 0 Å². The van der Waals surface area contributed by atoms with Gasteiger partial charge in [-0.05, 0) is 29.8 Å². The van der Waals surface area contributed by atoms with E-state index in [1.54, 1.807) is 24.3 Å². The van der Waals surface area contributed by atoms with Crippen molar-refractivity contribution < 1.29 is 14.1 Å². The predicted octanol–water partition coefficient (Wildman–Crippen LogP) is 4.42. The molecule has 0 bridgehead atoms. The van der Waals surface area contributed by atoms with Gasteiger partial charge >= 0.3 is 5.97 Å². The molecular formula is C16H11Cl2NO3. The molecule has 0 aliphatic heterocycles. The van der Waals surface area contributed by atoms with E-state index in [0.717, 1.165) is 10.9 Å². The van der Waals surface area contributed by atoms with Gasteiger partial charge in [-0.1, -0.05) is 46.6 Å². The number of para-hydroxylation sites is 1. The number of nitrogens with zero attached hydrogens (tertiary/aromatic N) is 1. The molecule has 3 aromatic rings. The fourth-order valence-corrected chi connectivity index (χ4v) is 2.37. The first-order chi connectivity index (χ1) is 10.6. The number of halogens is 2. The van der Waals surface area contributed by atoms with Crippen molar-refractivity contribution in [2.75, 3.05) is 0 Å². The summed E-state index contributed by atoms with van der Waals surface area (Å²) in [5.74, 6) is -0.384. The van der Waals surface area contributed by atoms with Gasteiger partial charge in [0, 0.05) is 5.39 Å². The van der Waals surface area contributed by atoms with E-state index >= 15 is 0 Å². The van der Waals surface area contributed by atoms with E-state index in [2.05, 4.69) is 5.16 Å². The summed E-state index contributed by atoms with van der Waals surface area (Å²) in [7, 11) is 0. The predicted molar refractivity (Wildman–Crippen MR) is 84.0 cm³/mol. The normalized spacial score (nSPS) is 10.8. The Kier molecular flexibility index (Phi) is 4.32. The van der Waals surface area contributed by atoms with Crippen LogP contribution >= 0.6 is 23.2 Å². The highest BCUT2D eigenvalue weighted by Gasteiger charge is 2.13. The van der Waals surface area contributed by atoms with E-state index in [0.29, 0.717) is 21.3 Å². The van der Waals surface area contributed by atoms with Gasteiger partial charge in [0.05, 0.1) is 16.5 Å². The fraction of sp³-hybridized carbons (Fsp3) is 0.125. The topological polar surface area (TPSA) is 52.3 Å². The van der Waals surface area contributed by atoms with Crippen molar-refractivity contribution in [3.8, 4) is 0 Å². The van der Waals surface area contributed by atoms with E-state index in [1.807, 2.05) is 18.2 Å². The molecule has 0 atom stereocenters. The van der Waals surface area contributed by atoms with Crippen molar-refractivity contribution in [3.63, 3.8) is 0 Å². The lowest BCUT2D eigenvalue weighted by Gasteiger charge is -2.05. The summed E-state index contributed by atoms with van der Waals surface area (Å²) < 4.78 is 10.4. The smallest absolute Gasteiger partial charge is 0.312 e. The number of aromatic nitrogens is 1. The first kappa shape index (κ1) is 14.9. The van der Waals surface area contributed by atoms with Crippen LogP contribution in [0.5, 0.6) is 0 Å². The summed E-state index contributed by atoms with van der Waals surface area (Å²) in [6.45, 7) is 0.130. The van der Waals surface area contributed by atoms with Crippen LogP contribution in [0.25, 0.3) is 11.0 Å². The minimum atomic E-state index is -0.384. The SMILES string of the molecule is O=C(Cc1noc2ccccc12)OCc1ccc(Cl)c(Cl)c1. The van der Waals surface area contributed by atoms with E-state index < -0.39 is 0 Å². The highest BCUT2D eigenvalue weighted by Crippen LogP contribution is 2.23. The largest absolute Gasteiger partial charge is 0.461 e. The number of hydrogen-bond acceptors (Lipinski definition) is 4. The van der Waals surface area contributed by atoms with Crippen LogP contribution in [0.1, 0.15) is 11.3 Å². The quantitative estimate of drug-likeness (QED) is 0.662. The van der Waals surface area contributed by atoms with E-state index in [9.17, 15) is 4.79 Å². The average molecular weight is 336 g/mol. The Morgan fingerprint density at radius 3 is 2.77 bits per heavy atom. The van der Waals surface area contributed by atoms with Crippen molar-refractivity contribution in [1.29, 1.82) is 0 Å². The fourth-order valence-electron chi connectivity index (χ4n) is 2.05. The maximum atomic E-state index is 11.9. The molecule has 0 saturated heterocycles. The molecule has 1 heterocycles. The molecule has 3 rings (SSSR count). The number of benzene rings is 2. The van der Waals surface area contributed by atoms with Gasteiger partial charge < -0.3 is 9.26 Å². The standard InChI is InChI=1S/C16H11Cl2NO3/c17-12-6-5-10(7-13(12)18)9-21-16(20)8-14-11-3-1-2-4-15(11)22-19-14/h1-7H,8-9H2. The molecule has 0 aliphatic carbocycles. The van der Waals surface area contributed by atoms with Crippen molar-refractivity contribution in [2.24, 2.45) is 0 Å². The molecule has 0 unspecified atom stereocenters. The van der Waals surface area contributed by atoms with Gasteiger partial charge in [-0.2, -0.15) is 0 Å². The molecule has 0 aliphatic rings. The Bertz CT molecular complexity index is 829. The maximum Gasteiger partial charge on any atom is 0.312 e. The first-order valence-electron chi connectivity index (χ1n) is 6.56. The summed E-state index contributed by atoms with van der Waals surface area (Å²) >= 11 is 11.8. The lowest BCUT2D eigenvalue weighted by molar-refractivity contribution is -0.144. The van der Waals surface area contributed by atoms with Gasteiger partial charge in [-0.25, -0.2) is 0 Å². The highest BCUT2D eigenvalue weighted by molar-refractivity contribution is 6.42. The third-order valence-corrected chi connectivity index (χ3v) is 3.89. The van der Waals surface area contributed by atoms with Crippen LogP contribution < -0.4 is 0 Å². The molecule has 0 fully saturated rings. The number of fused-ring (bicyclic) bond motifs is 1. The molecule has 0 spiro atoms.